The molecule has 0 spiro atoms. The summed E-state index contributed by atoms with van der Waals surface area (Å²) >= 11 is 0. The lowest BCUT2D eigenvalue weighted by atomic mass is 9.52. The lowest BCUT2D eigenvalue weighted by molar-refractivity contribution is -0.144. The summed E-state index contributed by atoms with van der Waals surface area (Å²) < 4.78 is 9.96. The molecule has 0 aliphatic carbocycles. The van der Waals surface area contributed by atoms with Gasteiger partial charge in [-0.25, -0.2) is 0 Å². The Bertz CT molecular complexity index is 213. The van der Waals surface area contributed by atoms with E-state index in [1.807, 2.05) is 0 Å². The summed E-state index contributed by atoms with van der Waals surface area (Å²) in [6.07, 6.45) is 0.995. The molecule has 0 bridgehead atoms. The molecular weight excluding hydrogens is 199 g/mol. The number of esters is 1. The maximum atomic E-state index is 11.3. The first-order valence-corrected chi connectivity index (χ1v) is 5.20. The summed E-state index contributed by atoms with van der Waals surface area (Å²) in [7, 11) is -1.49. The smallest absolute Gasteiger partial charge is 0.458 e. The third-order valence-electron chi connectivity index (χ3n) is 2.84. The van der Waals surface area contributed by atoms with Gasteiger partial charge in [0.2, 0.25) is 0 Å². The Morgan fingerprint density at radius 1 is 1.47 bits per heavy atom. The van der Waals surface area contributed by atoms with Gasteiger partial charge in [0.1, 0.15) is 0 Å². The first-order valence-electron chi connectivity index (χ1n) is 5.20. The summed E-state index contributed by atoms with van der Waals surface area (Å²) in [6, 6.07) is 0. The molecule has 0 aromatic carbocycles. The highest BCUT2D eigenvalue weighted by Crippen LogP contribution is 2.43. The molecule has 0 aromatic rings. The highest BCUT2D eigenvalue weighted by molar-refractivity contribution is 6.46. The van der Waals surface area contributed by atoms with Gasteiger partial charge < -0.3 is 19.5 Å². The average molecular weight is 216 g/mol. The third kappa shape index (κ3) is 3.19. The molecule has 0 saturated carbocycles. The molecule has 5 nitrogen and oxygen atoms in total. The van der Waals surface area contributed by atoms with Crippen molar-refractivity contribution in [2.24, 2.45) is 0 Å². The molecule has 0 unspecified atom stereocenters. The van der Waals surface area contributed by atoms with Crippen LogP contribution in [0.15, 0.2) is 0 Å². The largest absolute Gasteiger partial charge is 0.466 e. The van der Waals surface area contributed by atoms with Crippen LogP contribution in [0.2, 0.25) is 5.31 Å². The minimum atomic E-state index is -1.49. The Labute approximate surface area is 89.5 Å². The maximum absolute atomic E-state index is 11.3. The molecule has 1 aliphatic heterocycles. The van der Waals surface area contributed by atoms with Gasteiger partial charge >= 0.3 is 13.1 Å². The fourth-order valence-corrected chi connectivity index (χ4v) is 1.80. The Balaban J connectivity index is 2.60. The Morgan fingerprint density at radius 3 is 2.53 bits per heavy atom. The fourth-order valence-electron chi connectivity index (χ4n) is 1.80. The van der Waals surface area contributed by atoms with Gasteiger partial charge in [0.25, 0.3) is 0 Å². The lowest BCUT2D eigenvalue weighted by Crippen LogP contribution is -2.40. The second-order valence-electron chi connectivity index (χ2n) is 3.83. The molecule has 0 amide bonds. The van der Waals surface area contributed by atoms with Gasteiger partial charge in [-0.05, 0) is 19.8 Å². The summed E-state index contributed by atoms with van der Waals surface area (Å²) in [5.74, 6) is -0.382. The molecule has 1 heterocycles. The van der Waals surface area contributed by atoms with Crippen LogP contribution >= 0.6 is 0 Å². The molecule has 0 aromatic heterocycles. The predicted octanol–water partition coefficient (Wildman–Crippen LogP) is -0.0368. The summed E-state index contributed by atoms with van der Waals surface area (Å²) in [4.78, 5) is 11.3. The summed E-state index contributed by atoms with van der Waals surface area (Å²) in [6.45, 7) is 2.95. The molecule has 6 heteroatoms. The Kier molecular flexibility index (Phi) is 4.57. The molecule has 1 rings (SSSR count). The molecule has 0 atom stereocenters. The van der Waals surface area contributed by atoms with Gasteiger partial charge in [-0.3, -0.25) is 4.79 Å². The van der Waals surface area contributed by atoms with Crippen LogP contribution in [0.4, 0.5) is 0 Å². The SMILES string of the molecule is CCOC(=O)CC1(B(O)O)CCOCC1. The van der Waals surface area contributed by atoms with Crippen molar-refractivity contribution < 1.29 is 24.3 Å². The van der Waals surface area contributed by atoms with Gasteiger partial charge in [-0.1, -0.05) is 0 Å². The molecule has 15 heavy (non-hydrogen) atoms. The van der Waals surface area contributed by atoms with E-state index in [9.17, 15) is 14.8 Å². The van der Waals surface area contributed by atoms with E-state index in [0.717, 1.165) is 0 Å². The zero-order valence-electron chi connectivity index (χ0n) is 8.94. The average Bonchev–Trinajstić information content (AvgIpc) is 2.19. The number of ether oxygens (including phenoxy) is 2. The molecule has 1 saturated heterocycles. The van der Waals surface area contributed by atoms with Gasteiger partial charge in [0.15, 0.2) is 0 Å². The highest BCUT2D eigenvalue weighted by Gasteiger charge is 2.45. The van der Waals surface area contributed by atoms with Gasteiger partial charge in [-0.15, -0.1) is 0 Å². The molecule has 86 valence electrons. The zero-order chi connectivity index (χ0) is 11.3. The second kappa shape index (κ2) is 5.49. The van der Waals surface area contributed by atoms with Crippen molar-refractivity contribution in [1.29, 1.82) is 0 Å². The van der Waals surface area contributed by atoms with Crippen molar-refractivity contribution in [2.75, 3.05) is 19.8 Å². The lowest BCUT2D eigenvalue weighted by Gasteiger charge is -2.35. The first kappa shape index (κ1) is 12.5. The minimum absolute atomic E-state index is 0.0435. The van der Waals surface area contributed by atoms with Crippen LogP contribution in [0.5, 0.6) is 0 Å². The van der Waals surface area contributed by atoms with Crippen LogP contribution in [-0.2, 0) is 14.3 Å². The predicted molar refractivity (Wildman–Crippen MR) is 54.2 cm³/mol. The van der Waals surface area contributed by atoms with E-state index >= 15 is 0 Å². The van der Waals surface area contributed by atoms with Crippen molar-refractivity contribution in [2.45, 2.75) is 31.5 Å². The molecular formula is C9H17BO5. The maximum Gasteiger partial charge on any atom is 0.458 e. The molecule has 0 radical (unpaired) electrons. The quantitative estimate of drug-likeness (QED) is 0.509. The highest BCUT2D eigenvalue weighted by atomic mass is 16.5. The van der Waals surface area contributed by atoms with E-state index in [2.05, 4.69) is 0 Å². The third-order valence-corrected chi connectivity index (χ3v) is 2.84. The van der Waals surface area contributed by atoms with E-state index in [0.29, 0.717) is 32.7 Å². The van der Waals surface area contributed by atoms with Crippen LogP contribution in [0, 0.1) is 0 Å². The normalized spacial score (nSPS) is 19.7. The fraction of sp³-hybridized carbons (Fsp3) is 0.889. The number of rotatable bonds is 4. The van der Waals surface area contributed by atoms with Crippen molar-refractivity contribution in [3.63, 3.8) is 0 Å². The number of carbonyl (C=O) groups excluding carboxylic acids is 1. The summed E-state index contributed by atoms with van der Waals surface area (Å²) in [5, 5.41) is 17.9. The van der Waals surface area contributed by atoms with Crippen LogP contribution in [0.25, 0.3) is 0 Å². The van der Waals surface area contributed by atoms with E-state index in [1.54, 1.807) is 6.92 Å². The first-order chi connectivity index (χ1) is 7.10. The number of hydrogen-bond donors (Lipinski definition) is 2. The van der Waals surface area contributed by atoms with Crippen molar-refractivity contribution in [3.05, 3.63) is 0 Å². The zero-order valence-corrected chi connectivity index (χ0v) is 8.94. The van der Waals surface area contributed by atoms with Crippen molar-refractivity contribution in [3.8, 4) is 0 Å². The van der Waals surface area contributed by atoms with E-state index in [4.69, 9.17) is 9.47 Å². The number of hydrogen-bond acceptors (Lipinski definition) is 5. The number of carbonyl (C=O) groups is 1. The molecule has 1 fully saturated rings. The van der Waals surface area contributed by atoms with Gasteiger partial charge in [0, 0.05) is 24.9 Å². The van der Waals surface area contributed by atoms with Crippen molar-refractivity contribution >= 4 is 13.1 Å². The van der Waals surface area contributed by atoms with E-state index in [-0.39, 0.29) is 12.4 Å². The standard InChI is InChI=1S/C9H17BO5/c1-2-15-8(11)7-9(10(12)13)3-5-14-6-4-9/h12-13H,2-7H2,1H3. The van der Waals surface area contributed by atoms with Crippen LogP contribution < -0.4 is 0 Å². The molecule has 1 aliphatic rings. The van der Waals surface area contributed by atoms with Gasteiger partial charge in [-0.2, -0.15) is 0 Å². The van der Waals surface area contributed by atoms with Crippen LogP contribution in [-0.4, -0.2) is 43.0 Å². The minimum Gasteiger partial charge on any atom is -0.466 e. The van der Waals surface area contributed by atoms with Crippen molar-refractivity contribution in [1.82, 2.24) is 0 Å². The Hall–Kier alpha value is -0.585. The van der Waals surface area contributed by atoms with Crippen LogP contribution in [0.1, 0.15) is 26.2 Å². The molecule has 2 N–H and O–H groups in total. The van der Waals surface area contributed by atoms with E-state index < -0.39 is 12.4 Å². The second-order valence-corrected chi connectivity index (χ2v) is 3.83. The van der Waals surface area contributed by atoms with Gasteiger partial charge in [0.05, 0.1) is 6.61 Å². The Morgan fingerprint density at radius 2 is 2.07 bits per heavy atom. The summed E-state index contributed by atoms with van der Waals surface area (Å²) in [5.41, 5.74) is 0. The van der Waals surface area contributed by atoms with E-state index in [1.165, 1.54) is 0 Å². The topological polar surface area (TPSA) is 76.0 Å². The van der Waals surface area contributed by atoms with Crippen LogP contribution in [0.3, 0.4) is 0 Å². The monoisotopic (exact) mass is 216 g/mol.